The fourth-order valence-electron chi connectivity index (χ4n) is 1.92. The maximum Gasteiger partial charge on any atom is 0.174 e. The Balaban J connectivity index is 2.08. The Morgan fingerprint density at radius 1 is 1.29 bits per heavy atom. The summed E-state index contributed by atoms with van der Waals surface area (Å²) in [6.45, 7) is 0. The van der Waals surface area contributed by atoms with Gasteiger partial charge in [0.1, 0.15) is 5.01 Å². The molecule has 0 N–H and O–H groups in total. The highest BCUT2D eigenvalue weighted by molar-refractivity contribution is 9.10. The second kappa shape index (κ2) is 4.31. The number of Topliss-reactive ketones (excluding diaryl/α,β-unsaturated/α-hetero) is 1. The van der Waals surface area contributed by atoms with Crippen LogP contribution >= 0.6 is 27.3 Å². The van der Waals surface area contributed by atoms with Gasteiger partial charge in [0.15, 0.2) is 5.78 Å². The minimum Gasteiger partial charge on any atom is -0.293 e. The van der Waals surface area contributed by atoms with E-state index in [1.54, 1.807) is 12.4 Å². The molecule has 3 nitrogen and oxygen atoms in total. The number of carbonyl (C=O) groups excluding carboxylic acids is 1. The number of nitrogens with zero attached hydrogens (tertiary/aromatic N) is 2. The molecule has 0 saturated carbocycles. The van der Waals surface area contributed by atoms with Crippen LogP contribution in [0.2, 0.25) is 0 Å². The van der Waals surface area contributed by atoms with Crippen molar-refractivity contribution in [3.05, 3.63) is 33.5 Å². The second-order valence-corrected chi connectivity index (χ2v) is 5.88. The van der Waals surface area contributed by atoms with Crippen LogP contribution in [0.15, 0.2) is 22.9 Å². The van der Waals surface area contributed by atoms with Crippen LogP contribution in [0, 0.1) is 0 Å². The Hall–Kier alpha value is -1.07. The van der Waals surface area contributed by atoms with Crippen molar-refractivity contribution in [3.8, 4) is 10.6 Å². The van der Waals surface area contributed by atoms with E-state index in [0.29, 0.717) is 6.42 Å². The van der Waals surface area contributed by atoms with E-state index < -0.39 is 0 Å². The Morgan fingerprint density at radius 3 is 2.94 bits per heavy atom. The molecule has 2 aromatic heterocycles. The van der Waals surface area contributed by atoms with E-state index in [2.05, 4.69) is 25.9 Å². The van der Waals surface area contributed by atoms with Crippen molar-refractivity contribution in [2.45, 2.75) is 19.3 Å². The molecule has 86 valence electrons. The van der Waals surface area contributed by atoms with Gasteiger partial charge in [-0.1, -0.05) is 0 Å². The molecule has 0 atom stereocenters. The Bertz CT molecular complexity index is 594. The van der Waals surface area contributed by atoms with Crippen molar-refractivity contribution in [2.75, 3.05) is 0 Å². The van der Waals surface area contributed by atoms with Gasteiger partial charge in [0.2, 0.25) is 0 Å². The minimum atomic E-state index is 0.234. The number of halogens is 1. The smallest absolute Gasteiger partial charge is 0.174 e. The highest BCUT2D eigenvalue weighted by atomic mass is 79.9. The van der Waals surface area contributed by atoms with Gasteiger partial charge in [-0.15, -0.1) is 11.3 Å². The Labute approximate surface area is 111 Å². The number of aryl methyl sites for hydroxylation is 1. The van der Waals surface area contributed by atoms with Gasteiger partial charge in [-0.25, -0.2) is 4.98 Å². The molecule has 1 aliphatic carbocycles. The average molecular weight is 309 g/mol. The van der Waals surface area contributed by atoms with Gasteiger partial charge >= 0.3 is 0 Å². The first kappa shape index (κ1) is 11.0. The van der Waals surface area contributed by atoms with Crippen molar-refractivity contribution < 1.29 is 4.79 Å². The number of ketones is 1. The molecule has 0 radical (unpaired) electrons. The molecule has 0 aromatic carbocycles. The molecule has 0 unspecified atom stereocenters. The minimum absolute atomic E-state index is 0.234. The summed E-state index contributed by atoms with van der Waals surface area (Å²) in [6.07, 6.45) is 6.01. The predicted molar refractivity (Wildman–Crippen MR) is 70.3 cm³/mol. The van der Waals surface area contributed by atoms with Gasteiger partial charge in [0.25, 0.3) is 0 Å². The Morgan fingerprint density at radius 2 is 2.18 bits per heavy atom. The number of hydrogen-bond acceptors (Lipinski definition) is 4. The van der Waals surface area contributed by atoms with E-state index in [1.165, 1.54) is 11.3 Å². The molecular weight excluding hydrogens is 300 g/mol. The topological polar surface area (TPSA) is 42.9 Å². The molecule has 0 fully saturated rings. The molecule has 3 rings (SSSR count). The fraction of sp³-hybridized carbons (Fsp3) is 0.250. The monoisotopic (exact) mass is 308 g/mol. The molecule has 0 spiro atoms. The van der Waals surface area contributed by atoms with Crippen LogP contribution < -0.4 is 0 Å². The molecule has 2 heterocycles. The molecule has 0 amide bonds. The maximum atomic E-state index is 11.7. The van der Waals surface area contributed by atoms with Crippen molar-refractivity contribution in [1.29, 1.82) is 0 Å². The zero-order chi connectivity index (χ0) is 11.8. The van der Waals surface area contributed by atoms with Gasteiger partial charge < -0.3 is 0 Å². The summed E-state index contributed by atoms with van der Waals surface area (Å²) >= 11 is 4.87. The van der Waals surface area contributed by atoms with Crippen LogP contribution in [0.1, 0.15) is 28.2 Å². The summed E-state index contributed by atoms with van der Waals surface area (Å²) in [4.78, 5) is 21.3. The third-order valence-electron chi connectivity index (χ3n) is 2.72. The summed E-state index contributed by atoms with van der Waals surface area (Å²) < 4.78 is 0.925. The zero-order valence-electron chi connectivity index (χ0n) is 8.94. The predicted octanol–water partition coefficient (Wildman–Crippen LogP) is 3.49. The number of hydrogen-bond donors (Lipinski definition) is 0. The van der Waals surface area contributed by atoms with E-state index >= 15 is 0 Å². The largest absolute Gasteiger partial charge is 0.293 e. The average Bonchev–Trinajstić information content (AvgIpc) is 2.74. The normalized spacial score (nSPS) is 14.8. The van der Waals surface area contributed by atoms with E-state index in [0.717, 1.165) is 38.5 Å². The van der Waals surface area contributed by atoms with Gasteiger partial charge in [-0.2, -0.15) is 0 Å². The third-order valence-corrected chi connectivity index (χ3v) is 4.34. The van der Waals surface area contributed by atoms with Gasteiger partial charge in [-0.3, -0.25) is 9.78 Å². The van der Waals surface area contributed by atoms with Crippen LogP contribution in [0.25, 0.3) is 10.6 Å². The first-order valence-electron chi connectivity index (χ1n) is 5.38. The van der Waals surface area contributed by atoms with Gasteiger partial charge in [0.05, 0.1) is 10.6 Å². The second-order valence-electron chi connectivity index (χ2n) is 3.96. The molecule has 0 saturated heterocycles. The lowest BCUT2D eigenvalue weighted by Crippen LogP contribution is -2.07. The molecule has 5 heteroatoms. The van der Waals surface area contributed by atoms with Crippen LogP contribution in [-0.4, -0.2) is 15.8 Å². The van der Waals surface area contributed by atoms with Crippen molar-refractivity contribution in [2.24, 2.45) is 0 Å². The highest BCUT2D eigenvalue weighted by Crippen LogP contribution is 2.32. The van der Waals surface area contributed by atoms with Crippen LogP contribution in [0.4, 0.5) is 0 Å². The third kappa shape index (κ3) is 2.05. The van der Waals surface area contributed by atoms with Crippen LogP contribution in [0.5, 0.6) is 0 Å². The number of fused-ring (bicyclic) bond motifs is 1. The number of carbonyl (C=O) groups is 1. The first-order valence-corrected chi connectivity index (χ1v) is 6.99. The number of thiazole rings is 1. The summed E-state index contributed by atoms with van der Waals surface area (Å²) in [7, 11) is 0. The fourth-order valence-corrected chi connectivity index (χ4v) is 3.35. The van der Waals surface area contributed by atoms with E-state index in [1.807, 2.05) is 6.07 Å². The number of aromatic nitrogens is 2. The van der Waals surface area contributed by atoms with Gasteiger partial charge in [-0.05, 0) is 34.8 Å². The summed E-state index contributed by atoms with van der Waals surface area (Å²) in [5, 5.41) is 0.888. The quantitative estimate of drug-likeness (QED) is 0.810. The standard InChI is InChI=1S/C12H9BrN2OS/c13-8-4-7(5-14-6-8)12-15-9-2-1-3-10(16)11(9)17-12/h4-6H,1-3H2. The lowest BCUT2D eigenvalue weighted by molar-refractivity contribution is 0.0976. The van der Waals surface area contributed by atoms with Crippen LogP contribution in [-0.2, 0) is 6.42 Å². The number of pyridine rings is 1. The lowest BCUT2D eigenvalue weighted by atomic mass is 10.0. The maximum absolute atomic E-state index is 11.7. The van der Waals surface area contributed by atoms with Crippen LogP contribution in [0.3, 0.4) is 0 Å². The molecule has 0 bridgehead atoms. The summed E-state index contributed by atoms with van der Waals surface area (Å²) in [6, 6.07) is 1.97. The number of rotatable bonds is 1. The van der Waals surface area contributed by atoms with E-state index in [9.17, 15) is 4.79 Å². The van der Waals surface area contributed by atoms with Crippen molar-refractivity contribution in [3.63, 3.8) is 0 Å². The van der Waals surface area contributed by atoms with Gasteiger partial charge in [0, 0.05) is 28.9 Å². The zero-order valence-corrected chi connectivity index (χ0v) is 11.3. The summed E-state index contributed by atoms with van der Waals surface area (Å²) in [5.41, 5.74) is 1.92. The van der Waals surface area contributed by atoms with E-state index in [-0.39, 0.29) is 5.78 Å². The lowest BCUT2D eigenvalue weighted by Gasteiger charge is -2.06. The summed E-state index contributed by atoms with van der Waals surface area (Å²) in [5.74, 6) is 0.234. The first-order chi connectivity index (χ1) is 8.24. The molecular formula is C12H9BrN2OS. The SMILES string of the molecule is O=C1CCCc2nc(-c3cncc(Br)c3)sc21. The van der Waals surface area contributed by atoms with E-state index in [4.69, 9.17) is 0 Å². The molecule has 1 aliphatic rings. The van der Waals surface area contributed by atoms with Crippen molar-refractivity contribution >= 4 is 33.0 Å². The molecule has 2 aromatic rings. The van der Waals surface area contributed by atoms with Crippen molar-refractivity contribution in [1.82, 2.24) is 9.97 Å². The Kier molecular flexibility index (Phi) is 2.80. The molecule has 0 aliphatic heterocycles. The highest BCUT2D eigenvalue weighted by Gasteiger charge is 2.22. The molecule has 17 heavy (non-hydrogen) atoms.